The minimum atomic E-state index is 0.876. The lowest BCUT2D eigenvalue weighted by molar-refractivity contribution is 0.765. The molecule has 0 bridgehead atoms. The van der Waals surface area contributed by atoms with Crippen LogP contribution in [-0.2, 0) is 0 Å². The van der Waals surface area contributed by atoms with Crippen LogP contribution in [0, 0.1) is 0 Å². The van der Waals surface area contributed by atoms with Crippen molar-refractivity contribution in [2.45, 2.75) is 0 Å². The number of fused-ring (bicyclic) bond motifs is 5. The summed E-state index contributed by atoms with van der Waals surface area (Å²) < 4.78 is 2.32. The van der Waals surface area contributed by atoms with Gasteiger partial charge in [-0.1, -0.05) is 78.9 Å². The molecule has 6 aromatic carbocycles. The number of para-hydroxylation sites is 2. The molecule has 0 amide bonds. The van der Waals surface area contributed by atoms with Crippen molar-refractivity contribution in [3.05, 3.63) is 133 Å². The zero-order chi connectivity index (χ0) is 25.1. The van der Waals surface area contributed by atoms with Crippen LogP contribution in [0.5, 0.6) is 0 Å². The first kappa shape index (κ1) is 20.9. The van der Waals surface area contributed by atoms with Crippen LogP contribution in [0.15, 0.2) is 133 Å². The van der Waals surface area contributed by atoms with Gasteiger partial charge in [-0.25, -0.2) is 0 Å². The molecule has 0 aliphatic rings. The fourth-order valence-electron chi connectivity index (χ4n) is 5.51. The van der Waals surface area contributed by atoms with Gasteiger partial charge in [-0.2, -0.15) is 4.80 Å². The molecule has 2 aromatic heterocycles. The fourth-order valence-corrected chi connectivity index (χ4v) is 5.51. The lowest BCUT2D eigenvalue weighted by Crippen LogP contribution is -1.99. The molecule has 0 saturated carbocycles. The number of nitrogens with zero attached hydrogens (tertiary/aromatic N) is 4. The van der Waals surface area contributed by atoms with Gasteiger partial charge < -0.3 is 4.57 Å². The molecule has 4 nitrogen and oxygen atoms in total. The third-order valence-corrected chi connectivity index (χ3v) is 7.38. The Labute approximate surface area is 219 Å². The lowest BCUT2D eigenvalue weighted by atomic mass is 10.0. The van der Waals surface area contributed by atoms with Crippen LogP contribution in [0.1, 0.15) is 0 Å². The highest BCUT2D eigenvalue weighted by molar-refractivity contribution is 6.09. The van der Waals surface area contributed by atoms with E-state index in [9.17, 15) is 0 Å². The van der Waals surface area contributed by atoms with Crippen LogP contribution in [0.25, 0.3) is 66.1 Å². The number of benzene rings is 6. The predicted octanol–water partition coefficient (Wildman–Crippen LogP) is 8.34. The highest BCUT2D eigenvalue weighted by Crippen LogP contribution is 2.32. The molecular formula is C34H22N4. The molecule has 0 atom stereocenters. The van der Waals surface area contributed by atoms with Crippen molar-refractivity contribution in [1.82, 2.24) is 19.6 Å². The maximum Gasteiger partial charge on any atom is 0.114 e. The first-order chi connectivity index (χ1) is 18.8. The van der Waals surface area contributed by atoms with Crippen LogP contribution in [0.3, 0.4) is 0 Å². The quantitative estimate of drug-likeness (QED) is 0.252. The summed E-state index contributed by atoms with van der Waals surface area (Å²) in [6, 6.07) is 46.9. The topological polar surface area (TPSA) is 35.6 Å². The van der Waals surface area contributed by atoms with Crippen molar-refractivity contribution >= 4 is 43.6 Å². The summed E-state index contributed by atoms with van der Waals surface area (Å²) in [5.74, 6) is 0. The maximum absolute atomic E-state index is 4.82. The van der Waals surface area contributed by atoms with E-state index < -0.39 is 0 Å². The highest BCUT2D eigenvalue weighted by atomic mass is 15.5. The third-order valence-electron chi connectivity index (χ3n) is 7.38. The Bertz CT molecular complexity index is 2080. The van der Waals surface area contributed by atoms with E-state index >= 15 is 0 Å². The van der Waals surface area contributed by atoms with Crippen molar-refractivity contribution in [2.75, 3.05) is 0 Å². The van der Waals surface area contributed by atoms with E-state index in [2.05, 4.69) is 138 Å². The molecule has 2 heterocycles. The number of hydrogen-bond donors (Lipinski definition) is 0. The van der Waals surface area contributed by atoms with Crippen molar-refractivity contribution in [2.24, 2.45) is 0 Å². The Morgan fingerprint density at radius 2 is 1.00 bits per heavy atom. The van der Waals surface area contributed by atoms with E-state index in [4.69, 9.17) is 10.2 Å². The summed E-state index contributed by atoms with van der Waals surface area (Å²) in [7, 11) is 0. The second-order valence-electron chi connectivity index (χ2n) is 9.64. The predicted molar refractivity (Wildman–Crippen MR) is 156 cm³/mol. The molecule has 8 aromatic rings. The molecule has 0 saturated heterocycles. The van der Waals surface area contributed by atoms with Crippen LogP contribution in [-0.4, -0.2) is 19.6 Å². The molecule has 38 heavy (non-hydrogen) atoms. The Balaban J connectivity index is 1.18. The summed E-state index contributed by atoms with van der Waals surface area (Å²) in [5, 5.41) is 14.6. The minimum Gasteiger partial charge on any atom is -0.309 e. The first-order valence-electron chi connectivity index (χ1n) is 12.8. The van der Waals surface area contributed by atoms with Crippen molar-refractivity contribution < 1.29 is 0 Å². The molecule has 4 heteroatoms. The second kappa shape index (κ2) is 8.15. The van der Waals surface area contributed by atoms with Gasteiger partial charge in [0.2, 0.25) is 0 Å². The molecule has 0 aliphatic heterocycles. The first-order valence-corrected chi connectivity index (χ1v) is 12.8. The number of aromatic nitrogens is 4. The average molecular weight is 487 g/mol. The normalized spacial score (nSPS) is 11.7. The Kier molecular flexibility index (Phi) is 4.49. The molecule has 8 rings (SSSR count). The zero-order valence-corrected chi connectivity index (χ0v) is 20.5. The Morgan fingerprint density at radius 1 is 0.421 bits per heavy atom. The van der Waals surface area contributed by atoms with Gasteiger partial charge in [0.05, 0.1) is 16.7 Å². The van der Waals surface area contributed by atoms with E-state index in [0.717, 1.165) is 28.0 Å². The number of rotatable bonds is 3. The van der Waals surface area contributed by atoms with Gasteiger partial charge in [0.25, 0.3) is 0 Å². The minimum absolute atomic E-state index is 0.876. The standard InChI is InChI=1S/C34H22N4/c1-2-8-24-21-25(14-13-23(24)7-1)26-15-20-31-32(22-26)36-38(35-31)28-18-16-27(17-19-28)37-33-11-5-3-9-29(33)30-10-4-6-12-34(30)37/h1-22H. The molecule has 0 aliphatic carbocycles. The van der Waals surface area contributed by atoms with Gasteiger partial charge in [-0.05, 0) is 76.5 Å². The third kappa shape index (κ3) is 3.24. The van der Waals surface area contributed by atoms with Crippen LogP contribution in [0.4, 0.5) is 0 Å². The van der Waals surface area contributed by atoms with E-state index in [0.29, 0.717) is 0 Å². The van der Waals surface area contributed by atoms with Crippen molar-refractivity contribution in [3.63, 3.8) is 0 Å². The monoisotopic (exact) mass is 486 g/mol. The van der Waals surface area contributed by atoms with Gasteiger partial charge in [0.15, 0.2) is 0 Å². The van der Waals surface area contributed by atoms with Gasteiger partial charge in [0.1, 0.15) is 11.0 Å². The fraction of sp³-hybridized carbons (Fsp3) is 0. The molecule has 178 valence electrons. The van der Waals surface area contributed by atoms with Crippen molar-refractivity contribution in [1.29, 1.82) is 0 Å². The molecule has 0 fully saturated rings. The van der Waals surface area contributed by atoms with Crippen molar-refractivity contribution in [3.8, 4) is 22.5 Å². The zero-order valence-electron chi connectivity index (χ0n) is 20.5. The summed E-state index contributed by atoms with van der Waals surface area (Å²) in [6.45, 7) is 0. The summed E-state index contributed by atoms with van der Waals surface area (Å²) >= 11 is 0. The molecule has 0 N–H and O–H groups in total. The second-order valence-corrected chi connectivity index (χ2v) is 9.64. The Hall–Kier alpha value is -5.22. The van der Waals surface area contributed by atoms with E-state index in [1.54, 1.807) is 4.80 Å². The van der Waals surface area contributed by atoms with Gasteiger partial charge in [0, 0.05) is 16.5 Å². The highest BCUT2D eigenvalue weighted by Gasteiger charge is 2.12. The van der Waals surface area contributed by atoms with E-state index in [1.807, 2.05) is 0 Å². The van der Waals surface area contributed by atoms with Gasteiger partial charge >= 0.3 is 0 Å². The molecule has 0 unspecified atom stereocenters. The van der Waals surface area contributed by atoms with Gasteiger partial charge in [-0.3, -0.25) is 0 Å². The van der Waals surface area contributed by atoms with Crippen LogP contribution in [0.2, 0.25) is 0 Å². The van der Waals surface area contributed by atoms with Crippen LogP contribution >= 0.6 is 0 Å². The maximum atomic E-state index is 4.82. The van der Waals surface area contributed by atoms with E-state index in [1.165, 1.54) is 38.1 Å². The molecular weight excluding hydrogens is 464 g/mol. The largest absolute Gasteiger partial charge is 0.309 e. The Morgan fingerprint density at radius 3 is 1.76 bits per heavy atom. The summed E-state index contributed by atoms with van der Waals surface area (Å²) in [4.78, 5) is 1.73. The summed E-state index contributed by atoms with van der Waals surface area (Å²) in [5.41, 5.74) is 8.51. The van der Waals surface area contributed by atoms with Crippen LogP contribution < -0.4 is 0 Å². The summed E-state index contributed by atoms with van der Waals surface area (Å²) in [6.07, 6.45) is 0. The lowest BCUT2D eigenvalue weighted by Gasteiger charge is -2.08. The SMILES string of the molecule is c1ccc2cc(-c3ccc4nn(-c5ccc(-n6c7ccccc7c7ccccc76)cc5)nc4c3)ccc2c1. The average Bonchev–Trinajstić information content (AvgIpc) is 3.56. The molecule has 0 spiro atoms. The smallest absolute Gasteiger partial charge is 0.114 e. The molecule has 0 radical (unpaired) electrons. The van der Waals surface area contributed by atoms with Gasteiger partial charge in [-0.15, -0.1) is 10.2 Å². The number of hydrogen-bond acceptors (Lipinski definition) is 2. The van der Waals surface area contributed by atoms with E-state index in [-0.39, 0.29) is 0 Å².